The lowest BCUT2D eigenvalue weighted by Crippen LogP contribution is -2.15. The molecule has 0 unspecified atom stereocenters. The molecule has 0 atom stereocenters. The molecular weight excluding hydrogens is 246 g/mol. The van der Waals surface area contributed by atoms with Crippen molar-refractivity contribution in [1.82, 2.24) is 5.32 Å². The summed E-state index contributed by atoms with van der Waals surface area (Å²) in [5, 5.41) is 4.11. The molecule has 0 aliphatic heterocycles. The molecule has 18 heavy (non-hydrogen) atoms. The zero-order valence-electron chi connectivity index (χ0n) is 11.5. The molecular formula is C15H24ClNO. The fourth-order valence-electron chi connectivity index (χ4n) is 1.74. The van der Waals surface area contributed by atoms with Crippen molar-refractivity contribution in [2.45, 2.75) is 39.5 Å². The summed E-state index contributed by atoms with van der Waals surface area (Å²) in [6.07, 6.45) is 4.69. The van der Waals surface area contributed by atoms with Gasteiger partial charge in [-0.15, -0.1) is 0 Å². The number of hydrogen-bond acceptors (Lipinski definition) is 2. The van der Waals surface area contributed by atoms with Crippen LogP contribution in [0.3, 0.4) is 0 Å². The highest BCUT2D eigenvalue weighted by molar-refractivity contribution is 6.32. The average Bonchev–Trinajstić information content (AvgIpc) is 2.35. The summed E-state index contributed by atoms with van der Waals surface area (Å²) in [4.78, 5) is 0. The van der Waals surface area contributed by atoms with E-state index in [9.17, 15) is 0 Å². The van der Waals surface area contributed by atoms with E-state index in [0.29, 0.717) is 5.02 Å². The lowest BCUT2D eigenvalue weighted by molar-refractivity contribution is 0.305. The van der Waals surface area contributed by atoms with Crippen LogP contribution >= 0.6 is 11.6 Å². The van der Waals surface area contributed by atoms with Crippen molar-refractivity contribution < 1.29 is 4.74 Å². The van der Waals surface area contributed by atoms with E-state index in [2.05, 4.69) is 12.2 Å². The van der Waals surface area contributed by atoms with E-state index >= 15 is 0 Å². The highest BCUT2D eigenvalue weighted by Gasteiger charge is 2.00. The maximum absolute atomic E-state index is 6.09. The molecule has 3 heteroatoms. The van der Waals surface area contributed by atoms with Crippen LogP contribution < -0.4 is 10.1 Å². The van der Waals surface area contributed by atoms with Gasteiger partial charge < -0.3 is 10.1 Å². The number of ether oxygens (including phenoxy) is 1. The highest BCUT2D eigenvalue weighted by Crippen LogP contribution is 2.25. The Kier molecular flexibility index (Phi) is 7.86. The van der Waals surface area contributed by atoms with Crippen molar-refractivity contribution in [3.05, 3.63) is 28.8 Å². The Hall–Kier alpha value is -0.730. The van der Waals surface area contributed by atoms with Gasteiger partial charge in [0.2, 0.25) is 0 Å². The van der Waals surface area contributed by atoms with Gasteiger partial charge in [-0.3, -0.25) is 0 Å². The first-order chi connectivity index (χ1) is 8.74. The maximum Gasteiger partial charge on any atom is 0.137 e. The Morgan fingerprint density at radius 1 is 1.17 bits per heavy atom. The Morgan fingerprint density at radius 3 is 2.72 bits per heavy atom. The van der Waals surface area contributed by atoms with Crippen LogP contribution in [0.25, 0.3) is 0 Å². The molecule has 0 bridgehead atoms. The highest BCUT2D eigenvalue weighted by atomic mass is 35.5. The minimum Gasteiger partial charge on any atom is -0.492 e. The van der Waals surface area contributed by atoms with Gasteiger partial charge in [-0.25, -0.2) is 0 Å². The van der Waals surface area contributed by atoms with Crippen LogP contribution in [0.2, 0.25) is 5.02 Å². The number of rotatable bonds is 9. The predicted octanol–water partition coefficient (Wildman–Crippen LogP) is 4.20. The van der Waals surface area contributed by atoms with Gasteiger partial charge in [-0.2, -0.15) is 0 Å². The molecule has 0 amide bonds. The number of aryl methyl sites for hydroxylation is 1. The van der Waals surface area contributed by atoms with Crippen molar-refractivity contribution in [2.75, 3.05) is 19.7 Å². The zero-order chi connectivity index (χ0) is 13.2. The summed E-state index contributed by atoms with van der Waals surface area (Å²) in [7, 11) is 0. The Balaban J connectivity index is 2.07. The quantitative estimate of drug-likeness (QED) is 0.679. The van der Waals surface area contributed by atoms with E-state index < -0.39 is 0 Å². The van der Waals surface area contributed by atoms with E-state index in [0.717, 1.165) is 37.4 Å². The molecule has 2 nitrogen and oxygen atoms in total. The summed E-state index contributed by atoms with van der Waals surface area (Å²) in [5.74, 6) is 0.798. The second-order valence-corrected chi connectivity index (χ2v) is 5.00. The summed E-state index contributed by atoms with van der Waals surface area (Å²) in [6, 6.07) is 5.90. The molecule has 1 aromatic carbocycles. The van der Waals surface area contributed by atoms with E-state index in [1.807, 2.05) is 25.1 Å². The predicted molar refractivity (Wildman–Crippen MR) is 78.7 cm³/mol. The number of halogens is 1. The van der Waals surface area contributed by atoms with Gasteiger partial charge in [0.05, 0.1) is 11.6 Å². The molecule has 0 aliphatic carbocycles. The van der Waals surface area contributed by atoms with E-state index in [4.69, 9.17) is 16.3 Å². The van der Waals surface area contributed by atoms with Crippen LogP contribution in [0.1, 0.15) is 38.2 Å². The third kappa shape index (κ3) is 6.27. The summed E-state index contributed by atoms with van der Waals surface area (Å²) < 4.78 is 5.67. The molecule has 0 fully saturated rings. The van der Waals surface area contributed by atoms with Crippen LogP contribution in [0.5, 0.6) is 5.75 Å². The zero-order valence-corrected chi connectivity index (χ0v) is 12.2. The standard InChI is InChI=1S/C15H24ClNO/c1-3-9-17-10-5-4-6-11-18-15-8-7-13(2)12-14(15)16/h7-8,12,17H,3-6,9-11H2,1-2H3. The van der Waals surface area contributed by atoms with Crippen molar-refractivity contribution in [3.63, 3.8) is 0 Å². The molecule has 0 aliphatic rings. The maximum atomic E-state index is 6.09. The number of hydrogen-bond donors (Lipinski definition) is 1. The minimum atomic E-state index is 0.708. The Labute approximate surface area is 116 Å². The van der Waals surface area contributed by atoms with Gasteiger partial charge in [0, 0.05) is 0 Å². The monoisotopic (exact) mass is 269 g/mol. The summed E-state index contributed by atoms with van der Waals surface area (Å²) in [5.41, 5.74) is 1.16. The van der Waals surface area contributed by atoms with Crippen LogP contribution in [-0.4, -0.2) is 19.7 Å². The number of benzene rings is 1. The normalized spacial score (nSPS) is 10.6. The molecule has 1 aromatic rings. The molecule has 1 N–H and O–H groups in total. The second kappa shape index (κ2) is 9.23. The topological polar surface area (TPSA) is 21.3 Å². The summed E-state index contributed by atoms with van der Waals surface area (Å²) >= 11 is 6.09. The number of nitrogens with one attached hydrogen (secondary N) is 1. The molecule has 0 aromatic heterocycles. The Bertz CT molecular complexity index is 341. The fraction of sp³-hybridized carbons (Fsp3) is 0.600. The molecule has 0 radical (unpaired) electrons. The third-order valence-electron chi connectivity index (χ3n) is 2.77. The van der Waals surface area contributed by atoms with Gasteiger partial charge in [0.15, 0.2) is 0 Å². The third-order valence-corrected chi connectivity index (χ3v) is 3.06. The van der Waals surface area contributed by atoms with E-state index in [1.165, 1.54) is 19.3 Å². The van der Waals surface area contributed by atoms with Crippen molar-refractivity contribution >= 4 is 11.6 Å². The molecule has 0 heterocycles. The Morgan fingerprint density at radius 2 is 2.00 bits per heavy atom. The van der Waals surface area contributed by atoms with Crippen LogP contribution in [0.15, 0.2) is 18.2 Å². The first-order valence-electron chi connectivity index (χ1n) is 6.83. The number of unbranched alkanes of at least 4 members (excludes halogenated alkanes) is 2. The molecule has 102 valence electrons. The van der Waals surface area contributed by atoms with Gasteiger partial charge in [0.1, 0.15) is 5.75 Å². The second-order valence-electron chi connectivity index (χ2n) is 4.59. The largest absolute Gasteiger partial charge is 0.492 e. The lowest BCUT2D eigenvalue weighted by atomic mass is 10.2. The van der Waals surface area contributed by atoms with Crippen molar-refractivity contribution in [1.29, 1.82) is 0 Å². The van der Waals surface area contributed by atoms with E-state index in [1.54, 1.807) is 0 Å². The minimum absolute atomic E-state index is 0.708. The first kappa shape index (κ1) is 15.3. The van der Waals surface area contributed by atoms with Gasteiger partial charge >= 0.3 is 0 Å². The van der Waals surface area contributed by atoms with Gasteiger partial charge in [-0.05, 0) is 63.4 Å². The van der Waals surface area contributed by atoms with Crippen LogP contribution in [0, 0.1) is 6.92 Å². The van der Waals surface area contributed by atoms with Crippen molar-refractivity contribution in [2.24, 2.45) is 0 Å². The average molecular weight is 270 g/mol. The van der Waals surface area contributed by atoms with Gasteiger partial charge in [0.25, 0.3) is 0 Å². The van der Waals surface area contributed by atoms with Crippen molar-refractivity contribution in [3.8, 4) is 5.75 Å². The van der Waals surface area contributed by atoms with Crippen LogP contribution in [0.4, 0.5) is 0 Å². The van der Waals surface area contributed by atoms with Crippen LogP contribution in [-0.2, 0) is 0 Å². The smallest absolute Gasteiger partial charge is 0.137 e. The molecule has 0 saturated carbocycles. The lowest BCUT2D eigenvalue weighted by Gasteiger charge is -2.08. The fourth-order valence-corrected chi connectivity index (χ4v) is 2.03. The molecule has 1 rings (SSSR count). The SMILES string of the molecule is CCCNCCCCCOc1ccc(C)cc1Cl. The molecule has 0 spiro atoms. The summed E-state index contributed by atoms with van der Waals surface area (Å²) in [6.45, 7) is 7.19. The first-order valence-corrected chi connectivity index (χ1v) is 7.21. The molecule has 0 saturated heterocycles. The van der Waals surface area contributed by atoms with Gasteiger partial charge in [-0.1, -0.05) is 24.6 Å². The van der Waals surface area contributed by atoms with E-state index in [-0.39, 0.29) is 0 Å².